The number of aliphatic hydroxyl groups is 2. The summed E-state index contributed by atoms with van der Waals surface area (Å²) in [5.41, 5.74) is 0.785. The lowest BCUT2D eigenvalue weighted by atomic mass is 9.93. The van der Waals surface area contributed by atoms with E-state index >= 15 is 0 Å². The molecule has 0 saturated heterocycles. The van der Waals surface area contributed by atoms with Crippen molar-refractivity contribution >= 4 is 29.0 Å². The van der Waals surface area contributed by atoms with Crippen molar-refractivity contribution < 1.29 is 24.9 Å². The molecule has 0 spiro atoms. The monoisotopic (exact) mass is 500 g/mol. The second kappa shape index (κ2) is 9.02. The lowest BCUT2D eigenvalue weighted by molar-refractivity contribution is -0.0542. The molecular formula is C28H28N4O5. The molecular weight excluding hydrogens is 472 g/mol. The Balaban J connectivity index is 1.59. The largest absolute Gasteiger partial charge is 0.465 e. The van der Waals surface area contributed by atoms with Gasteiger partial charge >= 0.3 is 6.09 Å². The van der Waals surface area contributed by atoms with Crippen molar-refractivity contribution in [2.45, 2.75) is 26.1 Å². The van der Waals surface area contributed by atoms with Crippen LogP contribution in [-0.4, -0.2) is 55.3 Å². The quantitative estimate of drug-likeness (QED) is 0.304. The Morgan fingerprint density at radius 1 is 1.08 bits per heavy atom. The molecule has 0 saturated carbocycles. The Labute approximate surface area is 213 Å². The molecule has 3 aromatic carbocycles. The van der Waals surface area contributed by atoms with Gasteiger partial charge in [0.05, 0.1) is 11.0 Å². The van der Waals surface area contributed by atoms with Gasteiger partial charge in [-0.25, -0.2) is 14.7 Å². The van der Waals surface area contributed by atoms with E-state index < -0.39 is 17.2 Å². The topological polar surface area (TPSA) is 130 Å². The number of anilines is 1. The molecule has 9 nitrogen and oxygen atoms in total. The van der Waals surface area contributed by atoms with Crippen molar-refractivity contribution in [3.63, 3.8) is 0 Å². The summed E-state index contributed by atoms with van der Waals surface area (Å²) in [5.74, 6) is -0.176. The first-order chi connectivity index (χ1) is 17.6. The molecule has 0 fully saturated rings. The number of imidazole rings is 1. The van der Waals surface area contributed by atoms with Crippen molar-refractivity contribution in [2.75, 3.05) is 18.1 Å². The Bertz CT molecular complexity index is 1480. The first-order valence-electron chi connectivity index (χ1n) is 11.9. The van der Waals surface area contributed by atoms with Crippen molar-refractivity contribution in [3.05, 3.63) is 95.1 Å². The highest BCUT2D eigenvalue weighted by Crippen LogP contribution is 2.43. The van der Waals surface area contributed by atoms with E-state index in [1.807, 2.05) is 30.3 Å². The van der Waals surface area contributed by atoms with E-state index in [2.05, 4.69) is 9.97 Å². The molecule has 2 heterocycles. The van der Waals surface area contributed by atoms with Gasteiger partial charge in [-0.15, -0.1) is 0 Å². The molecule has 0 bridgehead atoms. The summed E-state index contributed by atoms with van der Waals surface area (Å²) >= 11 is 0. The van der Waals surface area contributed by atoms with Gasteiger partial charge in [0.1, 0.15) is 0 Å². The number of amides is 2. The predicted octanol–water partition coefficient (Wildman–Crippen LogP) is 3.92. The van der Waals surface area contributed by atoms with E-state index in [9.17, 15) is 24.9 Å². The molecule has 37 heavy (non-hydrogen) atoms. The zero-order valence-electron chi connectivity index (χ0n) is 20.5. The maximum absolute atomic E-state index is 13.4. The van der Waals surface area contributed by atoms with Gasteiger partial charge in [-0.2, -0.15) is 0 Å². The predicted molar refractivity (Wildman–Crippen MR) is 138 cm³/mol. The molecule has 4 N–H and O–H groups in total. The van der Waals surface area contributed by atoms with Crippen LogP contribution in [0, 0.1) is 5.41 Å². The van der Waals surface area contributed by atoms with Gasteiger partial charge in [-0.05, 0) is 23.8 Å². The number of hydrogen-bond acceptors (Lipinski definition) is 5. The standard InChI is InChI=1S/C28H28N4O5/c1-27(2,17-33)16-31(26(35)36)25-29-22-13-12-19(14-23(22)30-25)28(37)21-11-7-6-10-20(21)24(34)32(28)15-18-8-4-3-5-9-18/h3-14,33,37H,15-17H2,1-2H3,(H,29,30)(H,35,36). The van der Waals surface area contributed by atoms with Crippen molar-refractivity contribution in [3.8, 4) is 0 Å². The second-order valence-corrected chi connectivity index (χ2v) is 10.1. The Kier molecular flexibility index (Phi) is 5.97. The number of aromatic nitrogens is 2. The number of hydrogen-bond donors (Lipinski definition) is 4. The van der Waals surface area contributed by atoms with Gasteiger partial charge in [0.2, 0.25) is 5.95 Å². The first kappa shape index (κ1) is 24.5. The Morgan fingerprint density at radius 2 is 1.78 bits per heavy atom. The molecule has 0 aliphatic carbocycles. The van der Waals surface area contributed by atoms with Crippen LogP contribution in [0.3, 0.4) is 0 Å². The van der Waals surface area contributed by atoms with Crippen LogP contribution in [0.5, 0.6) is 0 Å². The van der Waals surface area contributed by atoms with E-state index in [4.69, 9.17) is 0 Å². The summed E-state index contributed by atoms with van der Waals surface area (Å²) in [6.45, 7) is 3.54. The molecule has 1 unspecified atom stereocenters. The number of fused-ring (bicyclic) bond motifs is 2. The fourth-order valence-corrected chi connectivity index (χ4v) is 4.72. The number of aromatic amines is 1. The van der Waals surface area contributed by atoms with E-state index in [0.29, 0.717) is 27.7 Å². The molecule has 5 rings (SSSR count). The van der Waals surface area contributed by atoms with E-state index in [1.165, 1.54) is 4.90 Å². The van der Waals surface area contributed by atoms with Gasteiger partial charge in [-0.1, -0.05) is 68.4 Å². The normalized spacial score (nSPS) is 17.3. The average molecular weight is 501 g/mol. The van der Waals surface area contributed by atoms with Crippen LogP contribution in [0.2, 0.25) is 0 Å². The van der Waals surface area contributed by atoms with Crippen LogP contribution in [0.15, 0.2) is 72.8 Å². The maximum atomic E-state index is 13.4. The lowest BCUT2D eigenvalue weighted by Gasteiger charge is -2.35. The Morgan fingerprint density at radius 3 is 2.49 bits per heavy atom. The SMILES string of the molecule is CC(C)(CO)CN(C(=O)O)c1nc2cc(C3(O)c4ccccc4C(=O)N3Cc3ccccc3)ccc2[nH]1. The number of aliphatic hydroxyl groups excluding tert-OH is 1. The number of nitrogens with zero attached hydrogens (tertiary/aromatic N) is 3. The van der Waals surface area contributed by atoms with Crippen molar-refractivity contribution in [1.82, 2.24) is 14.9 Å². The smallest absolute Gasteiger partial charge is 0.414 e. The highest BCUT2D eigenvalue weighted by atomic mass is 16.4. The molecule has 0 radical (unpaired) electrons. The minimum Gasteiger partial charge on any atom is -0.465 e. The van der Waals surface area contributed by atoms with Crippen molar-refractivity contribution in [1.29, 1.82) is 0 Å². The molecule has 2 amide bonds. The molecule has 1 aliphatic rings. The fraction of sp³-hybridized carbons (Fsp3) is 0.250. The summed E-state index contributed by atoms with van der Waals surface area (Å²) in [4.78, 5) is 35.4. The molecule has 9 heteroatoms. The summed E-state index contributed by atoms with van der Waals surface area (Å²) in [6.07, 6.45) is -1.20. The molecule has 190 valence electrons. The van der Waals surface area contributed by atoms with Crippen LogP contribution in [-0.2, 0) is 12.3 Å². The van der Waals surface area contributed by atoms with Gasteiger partial charge in [0.25, 0.3) is 5.91 Å². The highest BCUT2D eigenvalue weighted by molar-refractivity contribution is 6.00. The number of benzene rings is 3. The van der Waals surface area contributed by atoms with Crippen LogP contribution in [0.4, 0.5) is 10.7 Å². The summed E-state index contributed by atoms with van der Waals surface area (Å²) < 4.78 is 0. The van der Waals surface area contributed by atoms with Gasteiger partial charge < -0.3 is 20.3 Å². The third-order valence-electron chi connectivity index (χ3n) is 6.73. The van der Waals surface area contributed by atoms with Gasteiger partial charge in [0.15, 0.2) is 5.72 Å². The average Bonchev–Trinajstić information content (AvgIpc) is 3.41. The summed E-state index contributed by atoms with van der Waals surface area (Å²) in [5, 5.41) is 31.6. The maximum Gasteiger partial charge on any atom is 0.414 e. The Hall–Kier alpha value is -4.21. The van der Waals surface area contributed by atoms with E-state index in [1.54, 1.807) is 56.3 Å². The second-order valence-electron chi connectivity index (χ2n) is 10.1. The lowest BCUT2D eigenvalue weighted by Crippen LogP contribution is -2.44. The van der Waals surface area contributed by atoms with Crippen LogP contribution in [0.1, 0.15) is 40.9 Å². The number of rotatable bonds is 7. The third kappa shape index (κ3) is 4.22. The van der Waals surface area contributed by atoms with E-state index in [0.717, 1.165) is 10.5 Å². The first-order valence-corrected chi connectivity index (χ1v) is 11.9. The summed E-state index contributed by atoms with van der Waals surface area (Å²) in [7, 11) is 0. The van der Waals surface area contributed by atoms with Crippen LogP contribution < -0.4 is 4.90 Å². The number of carboxylic acid groups (broad SMARTS) is 1. The molecule has 4 aromatic rings. The number of carbonyl (C=O) groups excluding carboxylic acids is 1. The van der Waals surface area contributed by atoms with Crippen LogP contribution in [0.25, 0.3) is 11.0 Å². The van der Waals surface area contributed by atoms with Gasteiger partial charge in [-0.3, -0.25) is 9.69 Å². The third-order valence-corrected chi connectivity index (χ3v) is 6.73. The number of carbonyl (C=O) groups is 2. The number of nitrogens with one attached hydrogen (secondary N) is 1. The molecule has 1 aromatic heterocycles. The minimum atomic E-state index is -1.75. The molecule has 1 atom stereocenters. The van der Waals surface area contributed by atoms with Gasteiger partial charge in [0, 0.05) is 41.8 Å². The fourth-order valence-electron chi connectivity index (χ4n) is 4.72. The zero-order chi connectivity index (χ0) is 26.4. The zero-order valence-corrected chi connectivity index (χ0v) is 20.5. The molecule has 1 aliphatic heterocycles. The van der Waals surface area contributed by atoms with Crippen LogP contribution >= 0.6 is 0 Å². The summed E-state index contributed by atoms with van der Waals surface area (Å²) in [6, 6.07) is 21.5. The van der Waals surface area contributed by atoms with Crippen molar-refractivity contribution in [2.24, 2.45) is 5.41 Å². The minimum absolute atomic E-state index is 0.0299. The highest BCUT2D eigenvalue weighted by Gasteiger charge is 2.49. The number of H-pyrrole nitrogens is 1. The van der Waals surface area contributed by atoms with E-state index in [-0.39, 0.29) is 31.6 Å².